The molecule has 0 amide bonds. The van der Waals surface area contributed by atoms with Crippen molar-refractivity contribution in [1.29, 1.82) is 0 Å². The Morgan fingerprint density at radius 3 is 2.23 bits per heavy atom. The van der Waals surface area contributed by atoms with Crippen molar-refractivity contribution in [3.05, 3.63) is 94.6 Å². The number of benzene rings is 3. The fraction of sp³-hybridized carbons (Fsp3) is 0.0455. The fourth-order valence-corrected chi connectivity index (χ4v) is 3.79. The Kier molecular flexibility index (Phi) is 5.87. The van der Waals surface area contributed by atoms with Gasteiger partial charge in [0, 0.05) is 27.8 Å². The summed E-state index contributed by atoms with van der Waals surface area (Å²) in [7, 11) is -2.70. The average molecular weight is 483 g/mol. The Morgan fingerprint density at radius 1 is 0.933 bits per heavy atom. The first-order valence-electron chi connectivity index (χ1n) is 9.19. The van der Waals surface area contributed by atoms with Crippen molar-refractivity contribution in [2.24, 2.45) is 0 Å². The molecule has 0 fully saturated rings. The van der Waals surface area contributed by atoms with Gasteiger partial charge in [-0.05, 0) is 60.2 Å². The van der Waals surface area contributed by atoms with E-state index in [1.165, 1.54) is 0 Å². The maximum absolute atomic E-state index is 10.9. The number of nitrogens with zero attached hydrogens (tertiary/aromatic N) is 2. The van der Waals surface area contributed by atoms with Gasteiger partial charge in [0.25, 0.3) is 0 Å². The largest absolute Gasteiger partial charge is 0.399 e. The molecule has 0 saturated carbocycles. The highest BCUT2D eigenvalue weighted by Gasteiger charge is 2.13. The lowest BCUT2D eigenvalue weighted by atomic mass is 10.1. The zero-order valence-corrected chi connectivity index (χ0v) is 18.3. The summed E-state index contributed by atoms with van der Waals surface area (Å²) in [6.07, 6.45) is 0.674. The third-order valence-corrected chi connectivity index (χ3v) is 5.57. The normalized spacial score (nSPS) is 11.0. The first kappa shape index (κ1) is 20.2. The Labute approximate surface area is 184 Å². The minimum absolute atomic E-state index is 0.509. The summed E-state index contributed by atoms with van der Waals surface area (Å²) in [6.45, 7) is 0. The van der Waals surface area contributed by atoms with E-state index >= 15 is 0 Å². The van der Waals surface area contributed by atoms with Crippen LogP contribution in [0.2, 0.25) is 0 Å². The Bertz CT molecular complexity index is 1220. The number of nitrogen functional groups attached to an aromatic ring is 1. The molecule has 3 aromatic carbocycles. The first-order valence-corrected chi connectivity index (χ1v) is 11.2. The van der Waals surface area contributed by atoms with Crippen molar-refractivity contribution in [3.63, 3.8) is 0 Å². The highest BCUT2D eigenvalue weighted by molar-refractivity contribution is 9.10. The van der Waals surface area contributed by atoms with Crippen molar-refractivity contribution in [3.8, 4) is 16.9 Å². The highest BCUT2D eigenvalue weighted by atomic mass is 79.9. The molecule has 0 aliphatic heterocycles. The number of anilines is 2. The van der Waals surface area contributed by atoms with Crippen LogP contribution in [0, 0.1) is 0 Å². The number of halogens is 1. The number of hydrogen-bond donors (Lipinski definition) is 3. The van der Waals surface area contributed by atoms with Gasteiger partial charge in [0.05, 0.1) is 17.1 Å². The number of hydrogen-bond acceptors (Lipinski definition) is 4. The number of nitrogens with one attached hydrogen (secondary N) is 1. The molecule has 4 aromatic rings. The molecule has 8 heteroatoms. The standard InChI is InChI=1S/C22H19BrN4O2S/c23-17-5-3-16(4-6-17)22-14-20(13-15-1-7-18(24)8-2-15)25-27(22)21-11-9-19(10-12-21)26-30(28)29/h1-12,14,30H,13,24H2,(H,26,28,29). The van der Waals surface area contributed by atoms with Crippen LogP contribution < -0.4 is 10.5 Å². The predicted octanol–water partition coefficient (Wildman–Crippen LogP) is 4.41. The van der Waals surface area contributed by atoms with Crippen LogP contribution in [-0.2, 0) is 17.3 Å². The lowest BCUT2D eigenvalue weighted by Gasteiger charge is -2.09. The van der Waals surface area contributed by atoms with E-state index in [4.69, 9.17) is 10.8 Å². The zero-order valence-electron chi connectivity index (χ0n) is 15.8. The van der Waals surface area contributed by atoms with E-state index in [1.807, 2.05) is 65.3 Å². The maximum Gasteiger partial charge on any atom is 0.222 e. The molecule has 0 radical (unpaired) electrons. The Hall–Kier alpha value is -3.10. The number of thiol groups is 1. The van der Waals surface area contributed by atoms with E-state index in [0.717, 1.165) is 38.4 Å². The molecule has 0 aliphatic carbocycles. The van der Waals surface area contributed by atoms with E-state index in [9.17, 15) is 8.42 Å². The van der Waals surface area contributed by atoms with Crippen molar-refractivity contribution >= 4 is 38.2 Å². The van der Waals surface area contributed by atoms with Crippen LogP contribution in [0.4, 0.5) is 11.4 Å². The van der Waals surface area contributed by atoms with Crippen LogP contribution >= 0.6 is 15.9 Å². The van der Waals surface area contributed by atoms with Crippen LogP contribution in [0.3, 0.4) is 0 Å². The minimum Gasteiger partial charge on any atom is -0.399 e. The van der Waals surface area contributed by atoms with Gasteiger partial charge in [-0.15, -0.1) is 0 Å². The third-order valence-electron chi connectivity index (χ3n) is 4.60. The lowest BCUT2D eigenvalue weighted by Crippen LogP contribution is -2.01. The fourth-order valence-electron chi connectivity index (χ4n) is 3.17. The second kappa shape index (κ2) is 8.73. The molecule has 0 saturated heterocycles. The molecule has 0 spiro atoms. The summed E-state index contributed by atoms with van der Waals surface area (Å²) in [6, 6.07) is 25.0. The average Bonchev–Trinajstić information content (AvgIpc) is 3.14. The molecule has 0 bridgehead atoms. The van der Waals surface area contributed by atoms with Crippen LogP contribution in [0.25, 0.3) is 16.9 Å². The summed E-state index contributed by atoms with van der Waals surface area (Å²) < 4.78 is 27.0. The quantitative estimate of drug-likeness (QED) is 0.280. The topological polar surface area (TPSA) is 90.0 Å². The van der Waals surface area contributed by atoms with E-state index < -0.39 is 10.9 Å². The van der Waals surface area contributed by atoms with Gasteiger partial charge >= 0.3 is 0 Å². The van der Waals surface area contributed by atoms with Gasteiger partial charge in [0.1, 0.15) is 0 Å². The SMILES string of the molecule is Nc1ccc(Cc2cc(-c3ccc(Br)cc3)n(-c3ccc(N[SH](=O)=O)cc3)n2)cc1. The summed E-state index contributed by atoms with van der Waals surface area (Å²) in [5.74, 6) is 0. The second-order valence-electron chi connectivity index (χ2n) is 6.77. The molecule has 1 aromatic heterocycles. The van der Waals surface area contributed by atoms with E-state index in [0.29, 0.717) is 12.1 Å². The van der Waals surface area contributed by atoms with Crippen LogP contribution in [0.15, 0.2) is 83.3 Å². The van der Waals surface area contributed by atoms with Crippen molar-refractivity contribution in [2.45, 2.75) is 6.42 Å². The summed E-state index contributed by atoms with van der Waals surface area (Å²) in [4.78, 5) is 0. The molecular weight excluding hydrogens is 464 g/mol. The van der Waals surface area contributed by atoms with Gasteiger partial charge < -0.3 is 5.73 Å². The van der Waals surface area contributed by atoms with Crippen molar-refractivity contribution < 1.29 is 8.42 Å². The predicted molar refractivity (Wildman–Crippen MR) is 124 cm³/mol. The summed E-state index contributed by atoms with van der Waals surface area (Å²) in [5, 5.41) is 4.82. The summed E-state index contributed by atoms with van der Waals surface area (Å²) >= 11 is 3.48. The molecule has 0 unspecified atom stereocenters. The Morgan fingerprint density at radius 2 is 1.60 bits per heavy atom. The van der Waals surface area contributed by atoms with Crippen LogP contribution in [0.5, 0.6) is 0 Å². The minimum atomic E-state index is -2.70. The molecular formula is C22H19BrN4O2S. The molecule has 3 N–H and O–H groups in total. The molecule has 1 heterocycles. The monoisotopic (exact) mass is 482 g/mol. The Balaban J connectivity index is 1.74. The first-order chi connectivity index (χ1) is 14.5. The third kappa shape index (κ3) is 4.72. The van der Waals surface area contributed by atoms with Gasteiger partial charge in [0.2, 0.25) is 10.9 Å². The van der Waals surface area contributed by atoms with Crippen LogP contribution in [0.1, 0.15) is 11.3 Å². The molecule has 4 rings (SSSR count). The number of nitrogens with two attached hydrogens (primary N) is 1. The van der Waals surface area contributed by atoms with Gasteiger partial charge in [-0.3, -0.25) is 4.72 Å². The molecule has 6 nitrogen and oxygen atoms in total. The van der Waals surface area contributed by atoms with E-state index in [-0.39, 0.29) is 0 Å². The second-order valence-corrected chi connectivity index (χ2v) is 8.43. The molecule has 0 atom stereocenters. The lowest BCUT2D eigenvalue weighted by molar-refractivity contribution is 0.619. The van der Waals surface area contributed by atoms with Gasteiger partial charge in [-0.2, -0.15) is 5.10 Å². The molecule has 0 aliphatic rings. The maximum atomic E-state index is 10.9. The van der Waals surface area contributed by atoms with Crippen molar-refractivity contribution in [1.82, 2.24) is 9.78 Å². The molecule has 152 valence electrons. The van der Waals surface area contributed by atoms with Crippen LogP contribution in [-0.4, -0.2) is 18.2 Å². The molecule has 30 heavy (non-hydrogen) atoms. The van der Waals surface area contributed by atoms with Gasteiger partial charge in [0.15, 0.2) is 0 Å². The van der Waals surface area contributed by atoms with Gasteiger partial charge in [-0.1, -0.05) is 40.2 Å². The smallest absolute Gasteiger partial charge is 0.222 e. The number of aromatic nitrogens is 2. The number of rotatable bonds is 6. The highest BCUT2D eigenvalue weighted by Crippen LogP contribution is 2.27. The van der Waals surface area contributed by atoms with Gasteiger partial charge in [-0.25, -0.2) is 13.1 Å². The summed E-state index contributed by atoms with van der Waals surface area (Å²) in [5.41, 5.74) is 11.9. The van der Waals surface area contributed by atoms with E-state index in [1.54, 1.807) is 12.1 Å². The zero-order chi connectivity index (χ0) is 21.1. The van der Waals surface area contributed by atoms with E-state index in [2.05, 4.69) is 26.7 Å². The van der Waals surface area contributed by atoms with Crippen molar-refractivity contribution in [2.75, 3.05) is 10.5 Å².